The van der Waals surface area contributed by atoms with Gasteiger partial charge in [0.25, 0.3) is 0 Å². The van der Waals surface area contributed by atoms with Crippen LogP contribution in [0.2, 0.25) is 0 Å². The molecule has 4 aromatic rings. The van der Waals surface area contributed by atoms with E-state index in [2.05, 4.69) is 31.7 Å². The van der Waals surface area contributed by atoms with Crippen molar-refractivity contribution < 1.29 is 0 Å². The molecule has 0 amide bonds. The highest BCUT2D eigenvalue weighted by Crippen LogP contribution is 2.42. The number of benzene rings is 1. The Morgan fingerprint density at radius 3 is 2.60 bits per heavy atom. The van der Waals surface area contributed by atoms with E-state index in [1.165, 1.54) is 0 Å². The van der Waals surface area contributed by atoms with Crippen molar-refractivity contribution in [3.63, 3.8) is 0 Å². The summed E-state index contributed by atoms with van der Waals surface area (Å²) < 4.78 is 0. The van der Waals surface area contributed by atoms with Crippen molar-refractivity contribution in [3.8, 4) is 38.5 Å². The van der Waals surface area contributed by atoms with E-state index in [1.807, 2.05) is 36.6 Å². The molecule has 25 heavy (non-hydrogen) atoms. The number of nitrogens with zero attached hydrogens (tertiary/aromatic N) is 5. The van der Waals surface area contributed by atoms with Crippen LogP contribution in [0, 0.1) is 11.3 Å². The molecule has 0 saturated heterocycles. The van der Waals surface area contributed by atoms with Crippen molar-refractivity contribution in [2.24, 2.45) is 0 Å². The van der Waals surface area contributed by atoms with Crippen molar-refractivity contribution in [2.75, 3.05) is 0 Å². The number of thiophene rings is 1. The van der Waals surface area contributed by atoms with E-state index in [4.69, 9.17) is 0 Å². The monoisotopic (exact) mass is 364 g/mol. The van der Waals surface area contributed by atoms with E-state index in [9.17, 15) is 5.26 Å². The molecule has 0 saturated carbocycles. The lowest BCUT2D eigenvalue weighted by Gasteiger charge is -2.04. The van der Waals surface area contributed by atoms with Gasteiger partial charge in [-0.2, -0.15) is 10.5 Å². The zero-order chi connectivity index (χ0) is 17.2. The molecule has 0 fully saturated rings. The van der Waals surface area contributed by atoms with Crippen LogP contribution in [0.4, 0.5) is 0 Å². The summed E-state index contributed by atoms with van der Waals surface area (Å²) in [5.41, 5.74) is 3.59. The number of aromatic amines is 1. The summed E-state index contributed by atoms with van der Waals surface area (Å²) in [6.45, 7) is 2.04. The van der Waals surface area contributed by atoms with Gasteiger partial charge in [0, 0.05) is 27.6 Å². The maximum absolute atomic E-state index is 9.69. The van der Waals surface area contributed by atoms with Gasteiger partial charge in [0.05, 0.1) is 10.4 Å². The van der Waals surface area contributed by atoms with E-state index in [0.717, 1.165) is 37.9 Å². The number of H-pyrrole nitrogens is 1. The average Bonchev–Trinajstić information content (AvgIpc) is 3.41. The number of nitriles is 1. The van der Waals surface area contributed by atoms with Crippen LogP contribution in [-0.4, -0.2) is 25.6 Å². The topological polar surface area (TPSA) is 91.1 Å². The van der Waals surface area contributed by atoms with E-state index < -0.39 is 0 Å². The Hall–Kier alpha value is -2.89. The Kier molecular flexibility index (Phi) is 4.09. The fourth-order valence-corrected chi connectivity index (χ4v) is 4.47. The van der Waals surface area contributed by atoms with Crippen LogP contribution >= 0.6 is 22.7 Å². The Morgan fingerprint density at radius 2 is 2.00 bits per heavy atom. The largest absolute Gasteiger partial charge is 0.245 e. The molecule has 0 aliphatic rings. The molecular formula is C17H12N6S2. The molecule has 0 aliphatic carbocycles. The quantitative estimate of drug-likeness (QED) is 0.587. The third-order valence-electron chi connectivity index (χ3n) is 3.82. The first-order valence-electron chi connectivity index (χ1n) is 7.61. The van der Waals surface area contributed by atoms with E-state index in [0.29, 0.717) is 11.4 Å². The Balaban J connectivity index is 1.87. The van der Waals surface area contributed by atoms with Gasteiger partial charge in [-0.1, -0.05) is 31.2 Å². The van der Waals surface area contributed by atoms with Crippen LogP contribution in [0.5, 0.6) is 0 Å². The van der Waals surface area contributed by atoms with Crippen LogP contribution in [0.1, 0.15) is 17.4 Å². The Bertz CT molecular complexity index is 1020. The van der Waals surface area contributed by atoms with E-state index in [1.54, 1.807) is 28.9 Å². The first-order valence-corrected chi connectivity index (χ1v) is 9.31. The first-order chi connectivity index (χ1) is 12.3. The van der Waals surface area contributed by atoms with Crippen LogP contribution in [0.25, 0.3) is 32.4 Å². The molecule has 0 spiro atoms. The molecule has 1 N–H and O–H groups in total. The molecular weight excluding hydrogens is 352 g/mol. The minimum absolute atomic E-state index is 0.514. The Morgan fingerprint density at radius 1 is 1.20 bits per heavy atom. The highest BCUT2D eigenvalue weighted by molar-refractivity contribution is 7.16. The van der Waals surface area contributed by atoms with Gasteiger partial charge in [-0.05, 0) is 17.2 Å². The predicted molar refractivity (Wildman–Crippen MR) is 98.1 cm³/mol. The number of hydrogen-bond donors (Lipinski definition) is 1. The van der Waals surface area contributed by atoms with Gasteiger partial charge in [-0.25, -0.2) is 4.98 Å². The van der Waals surface area contributed by atoms with Crippen molar-refractivity contribution in [1.29, 1.82) is 5.26 Å². The molecule has 3 heterocycles. The maximum Gasteiger partial charge on any atom is 0.215 e. The van der Waals surface area contributed by atoms with Crippen LogP contribution in [-0.2, 0) is 6.42 Å². The lowest BCUT2D eigenvalue weighted by atomic mass is 9.99. The van der Waals surface area contributed by atoms with Gasteiger partial charge >= 0.3 is 0 Å². The second-order valence-electron chi connectivity index (χ2n) is 5.22. The SMILES string of the molecule is CCc1sc(-c2nn[nH]n2)c(-c2ccc(-c3nccs3)cc2)c1C#N. The van der Waals surface area contributed by atoms with Crippen LogP contribution < -0.4 is 0 Å². The Labute approximate surface area is 151 Å². The molecule has 8 heteroatoms. The smallest absolute Gasteiger partial charge is 0.215 e. The molecule has 1 aromatic carbocycles. The third-order valence-corrected chi connectivity index (χ3v) is 5.97. The normalized spacial score (nSPS) is 10.7. The zero-order valence-electron chi connectivity index (χ0n) is 13.2. The van der Waals surface area contributed by atoms with Gasteiger partial charge in [0.2, 0.25) is 5.82 Å². The minimum atomic E-state index is 0.514. The van der Waals surface area contributed by atoms with Crippen LogP contribution in [0.15, 0.2) is 35.8 Å². The van der Waals surface area contributed by atoms with E-state index in [-0.39, 0.29) is 0 Å². The lowest BCUT2D eigenvalue weighted by Crippen LogP contribution is -1.87. The first kappa shape index (κ1) is 15.6. The van der Waals surface area contributed by atoms with Crippen molar-refractivity contribution in [3.05, 3.63) is 46.3 Å². The highest BCUT2D eigenvalue weighted by atomic mass is 32.1. The summed E-state index contributed by atoms with van der Waals surface area (Å²) in [6.07, 6.45) is 2.58. The standard InChI is InChI=1S/C17H12N6S2/c1-2-13-12(9-18)14(15(25-13)16-20-22-23-21-16)10-3-5-11(6-4-10)17-19-7-8-24-17/h3-8H,2H2,1H3,(H,20,21,22,23). The summed E-state index contributed by atoms with van der Waals surface area (Å²) in [7, 11) is 0. The summed E-state index contributed by atoms with van der Waals surface area (Å²) >= 11 is 3.15. The number of rotatable bonds is 4. The molecule has 0 atom stereocenters. The lowest BCUT2D eigenvalue weighted by molar-refractivity contribution is 0.881. The van der Waals surface area contributed by atoms with Gasteiger partial charge in [0.1, 0.15) is 11.1 Å². The molecule has 0 aliphatic heterocycles. The average molecular weight is 364 g/mol. The number of aryl methyl sites for hydroxylation is 1. The van der Waals surface area contributed by atoms with Gasteiger partial charge in [0.15, 0.2) is 0 Å². The molecule has 3 aromatic heterocycles. The molecule has 0 unspecified atom stereocenters. The van der Waals surface area contributed by atoms with Crippen molar-refractivity contribution >= 4 is 22.7 Å². The molecule has 122 valence electrons. The van der Waals surface area contributed by atoms with Crippen LogP contribution in [0.3, 0.4) is 0 Å². The van der Waals surface area contributed by atoms with E-state index >= 15 is 0 Å². The third kappa shape index (κ3) is 2.73. The summed E-state index contributed by atoms with van der Waals surface area (Å²) in [4.78, 5) is 6.23. The molecule has 0 radical (unpaired) electrons. The van der Waals surface area contributed by atoms with Crippen molar-refractivity contribution in [2.45, 2.75) is 13.3 Å². The highest BCUT2D eigenvalue weighted by Gasteiger charge is 2.22. The van der Waals surface area contributed by atoms with Gasteiger partial charge in [-0.15, -0.1) is 32.9 Å². The summed E-state index contributed by atoms with van der Waals surface area (Å²) in [5.74, 6) is 0.514. The fourth-order valence-electron chi connectivity index (χ4n) is 2.68. The second kappa shape index (κ2) is 6.55. The number of hydrogen-bond acceptors (Lipinski definition) is 7. The molecule has 6 nitrogen and oxygen atoms in total. The molecule has 4 rings (SSSR count). The zero-order valence-corrected chi connectivity index (χ0v) is 14.9. The summed E-state index contributed by atoms with van der Waals surface area (Å²) in [5, 5.41) is 27.0. The van der Waals surface area contributed by atoms with Crippen molar-refractivity contribution in [1.82, 2.24) is 25.6 Å². The maximum atomic E-state index is 9.69. The van der Waals surface area contributed by atoms with Gasteiger partial charge in [-0.3, -0.25) is 0 Å². The fraction of sp³-hybridized carbons (Fsp3) is 0.118. The van der Waals surface area contributed by atoms with Gasteiger partial charge < -0.3 is 0 Å². The molecule has 0 bridgehead atoms. The number of nitrogens with one attached hydrogen (secondary N) is 1. The number of tetrazole rings is 1. The summed E-state index contributed by atoms with van der Waals surface area (Å²) in [6, 6.07) is 10.4. The minimum Gasteiger partial charge on any atom is -0.245 e. The number of aromatic nitrogens is 5. The number of thiazole rings is 1. The second-order valence-corrected chi connectivity index (χ2v) is 7.22. The predicted octanol–water partition coefficient (Wildman–Crippen LogP) is 4.15.